The first-order valence-corrected chi connectivity index (χ1v) is 7.33. The number of fused-ring (bicyclic) bond motifs is 1. The SMILES string of the molecule is CC(CNC(C)C)CN1CCCC2C(=O)NCC21. The largest absolute Gasteiger partial charge is 0.354 e. The summed E-state index contributed by atoms with van der Waals surface area (Å²) >= 11 is 0. The van der Waals surface area contributed by atoms with E-state index in [1.54, 1.807) is 0 Å². The molecule has 2 N–H and O–H groups in total. The molecule has 0 bridgehead atoms. The molecule has 104 valence electrons. The molecule has 0 spiro atoms. The Morgan fingerprint density at radius 2 is 2.22 bits per heavy atom. The van der Waals surface area contributed by atoms with Crippen molar-refractivity contribution in [2.45, 2.75) is 45.7 Å². The van der Waals surface area contributed by atoms with E-state index in [1.165, 1.54) is 6.42 Å². The van der Waals surface area contributed by atoms with Gasteiger partial charge in [-0.3, -0.25) is 9.69 Å². The lowest BCUT2D eigenvalue weighted by molar-refractivity contribution is -0.124. The molecule has 2 aliphatic rings. The number of likely N-dealkylation sites (tertiary alicyclic amines) is 1. The number of nitrogens with zero attached hydrogens (tertiary/aromatic N) is 1. The van der Waals surface area contributed by atoms with E-state index in [4.69, 9.17) is 0 Å². The normalized spacial score (nSPS) is 30.3. The molecular formula is C14H27N3O. The molecule has 18 heavy (non-hydrogen) atoms. The van der Waals surface area contributed by atoms with E-state index in [2.05, 4.69) is 36.3 Å². The van der Waals surface area contributed by atoms with Gasteiger partial charge in [0.2, 0.25) is 5.91 Å². The minimum Gasteiger partial charge on any atom is -0.354 e. The van der Waals surface area contributed by atoms with E-state index in [0.29, 0.717) is 18.0 Å². The molecule has 1 amide bonds. The van der Waals surface area contributed by atoms with E-state index >= 15 is 0 Å². The van der Waals surface area contributed by atoms with Gasteiger partial charge >= 0.3 is 0 Å². The van der Waals surface area contributed by atoms with Crippen LogP contribution < -0.4 is 10.6 Å². The zero-order valence-electron chi connectivity index (χ0n) is 11.9. The highest BCUT2D eigenvalue weighted by Gasteiger charge is 2.40. The maximum atomic E-state index is 11.7. The monoisotopic (exact) mass is 253 g/mol. The van der Waals surface area contributed by atoms with Crippen molar-refractivity contribution in [3.8, 4) is 0 Å². The number of carbonyl (C=O) groups is 1. The van der Waals surface area contributed by atoms with Gasteiger partial charge in [-0.2, -0.15) is 0 Å². The molecule has 0 aromatic heterocycles. The molecule has 0 aromatic rings. The lowest BCUT2D eigenvalue weighted by Gasteiger charge is -2.37. The average molecular weight is 253 g/mol. The standard InChI is InChI=1S/C14H27N3O/c1-10(2)15-7-11(3)9-17-6-4-5-12-13(17)8-16-14(12)18/h10-13,15H,4-9H2,1-3H3,(H,16,18). The number of hydrogen-bond donors (Lipinski definition) is 2. The summed E-state index contributed by atoms with van der Waals surface area (Å²) in [6.07, 6.45) is 2.24. The molecule has 0 radical (unpaired) electrons. The molecule has 0 aliphatic carbocycles. The Labute approximate surface area is 110 Å². The third kappa shape index (κ3) is 3.23. The van der Waals surface area contributed by atoms with Crippen molar-refractivity contribution in [1.29, 1.82) is 0 Å². The lowest BCUT2D eigenvalue weighted by atomic mass is 9.90. The van der Waals surface area contributed by atoms with Crippen molar-refractivity contribution in [2.24, 2.45) is 11.8 Å². The summed E-state index contributed by atoms with van der Waals surface area (Å²) in [5.74, 6) is 1.17. The van der Waals surface area contributed by atoms with E-state index in [0.717, 1.165) is 32.6 Å². The first-order valence-electron chi connectivity index (χ1n) is 7.33. The molecule has 0 saturated carbocycles. The quantitative estimate of drug-likeness (QED) is 0.763. The van der Waals surface area contributed by atoms with Crippen LogP contribution in [0.25, 0.3) is 0 Å². The molecule has 4 heteroatoms. The lowest BCUT2D eigenvalue weighted by Crippen LogP contribution is -2.48. The second-order valence-electron chi connectivity index (χ2n) is 6.22. The van der Waals surface area contributed by atoms with Gasteiger partial charge in [0.15, 0.2) is 0 Å². The van der Waals surface area contributed by atoms with Gasteiger partial charge in [-0.15, -0.1) is 0 Å². The first-order chi connectivity index (χ1) is 8.58. The van der Waals surface area contributed by atoms with Crippen molar-refractivity contribution in [3.05, 3.63) is 0 Å². The molecule has 2 aliphatic heterocycles. The highest BCUT2D eigenvalue weighted by molar-refractivity contribution is 5.82. The second-order valence-corrected chi connectivity index (χ2v) is 6.22. The third-order valence-corrected chi connectivity index (χ3v) is 4.14. The van der Waals surface area contributed by atoms with Crippen LogP contribution in [0, 0.1) is 11.8 Å². The van der Waals surface area contributed by atoms with Crippen LogP contribution in [0.5, 0.6) is 0 Å². The fraction of sp³-hybridized carbons (Fsp3) is 0.929. The van der Waals surface area contributed by atoms with Crippen LogP contribution >= 0.6 is 0 Å². The summed E-state index contributed by atoms with van der Waals surface area (Å²) in [7, 11) is 0. The number of rotatable bonds is 5. The summed E-state index contributed by atoms with van der Waals surface area (Å²) in [5.41, 5.74) is 0. The number of piperidine rings is 1. The smallest absolute Gasteiger partial charge is 0.224 e. The molecule has 2 fully saturated rings. The zero-order valence-corrected chi connectivity index (χ0v) is 11.9. The molecular weight excluding hydrogens is 226 g/mol. The van der Waals surface area contributed by atoms with Crippen LogP contribution in [0.15, 0.2) is 0 Å². The van der Waals surface area contributed by atoms with Crippen LogP contribution in [0.4, 0.5) is 0 Å². The minimum atomic E-state index is 0.254. The van der Waals surface area contributed by atoms with Crippen molar-refractivity contribution in [3.63, 3.8) is 0 Å². The number of hydrogen-bond acceptors (Lipinski definition) is 3. The maximum absolute atomic E-state index is 11.7. The van der Waals surface area contributed by atoms with E-state index < -0.39 is 0 Å². The fourth-order valence-corrected chi connectivity index (χ4v) is 3.17. The Kier molecular flexibility index (Phi) is 4.62. The van der Waals surface area contributed by atoms with Crippen LogP contribution in [-0.4, -0.2) is 49.1 Å². The van der Waals surface area contributed by atoms with Crippen LogP contribution in [-0.2, 0) is 4.79 Å². The molecule has 2 heterocycles. The van der Waals surface area contributed by atoms with E-state index in [1.807, 2.05) is 0 Å². The highest BCUT2D eigenvalue weighted by atomic mass is 16.2. The highest BCUT2D eigenvalue weighted by Crippen LogP contribution is 2.27. The molecule has 4 nitrogen and oxygen atoms in total. The van der Waals surface area contributed by atoms with Crippen LogP contribution in [0.3, 0.4) is 0 Å². The summed E-state index contributed by atoms with van der Waals surface area (Å²) in [6.45, 7) is 10.8. The maximum Gasteiger partial charge on any atom is 0.224 e. The van der Waals surface area contributed by atoms with Gasteiger partial charge in [-0.05, 0) is 31.8 Å². The van der Waals surface area contributed by atoms with Gasteiger partial charge in [-0.25, -0.2) is 0 Å². The van der Waals surface area contributed by atoms with Gasteiger partial charge in [0.25, 0.3) is 0 Å². The van der Waals surface area contributed by atoms with Gasteiger partial charge in [0.1, 0.15) is 0 Å². The topological polar surface area (TPSA) is 44.4 Å². The number of amides is 1. The summed E-state index contributed by atoms with van der Waals surface area (Å²) in [4.78, 5) is 14.2. The Morgan fingerprint density at radius 1 is 1.44 bits per heavy atom. The molecule has 0 aromatic carbocycles. The second kappa shape index (κ2) is 6.02. The number of carbonyl (C=O) groups excluding carboxylic acids is 1. The minimum absolute atomic E-state index is 0.254. The predicted octanol–water partition coefficient (Wildman–Crippen LogP) is 0.831. The molecule has 3 unspecified atom stereocenters. The van der Waals surface area contributed by atoms with Gasteiger partial charge in [0.05, 0.1) is 5.92 Å². The zero-order chi connectivity index (χ0) is 13.1. The molecule has 3 atom stereocenters. The fourth-order valence-electron chi connectivity index (χ4n) is 3.17. The average Bonchev–Trinajstić information content (AvgIpc) is 2.70. The summed E-state index contributed by atoms with van der Waals surface area (Å²) in [6, 6.07) is 1.00. The summed E-state index contributed by atoms with van der Waals surface area (Å²) < 4.78 is 0. The van der Waals surface area contributed by atoms with Crippen molar-refractivity contribution in [2.75, 3.05) is 26.2 Å². The van der Waals surface area contributed by atoms with Crippen LogP contribution in [0.1, 0.15) is 33.6 Å². The molecule has 2 rings (SSSR count). The van der Waals surface area contributed by atoms with Crippen molar-refractivity contribution >= 4 is 5.91 Å². The van der Waals surface area contributed by atoms with Crippen molar-refractivity contribution in [1.82, 2.24) is 15.5 Å². The number of nitrogens with one attached hydrogen (secondary N) is 2. The summed E-state index contributed by atoms with van der Waals surface area (Å²) in [5, 5.41) is 6.51. The van der Waals surface area contributed by atoms with Gasteiger partial charge in [0, 0.05) is 25.2 Å². The van der Waals surface area contributed by atoms with Gasteiger partial charge < -0.3 is 10.6 Å². The Bertz CT molecular complexity index is 293. The van der Waals surface area contributed by atoms with Crippen LogP contribution in [0.2, 0.25) is 0 Å². The molecule has 2 saturated heterocycles. The van der Waals surface area contributed by atoms with E-state index in [9.17, 15) is 4.79 Å². The van der Waals surface area contributed by atoms with Gasteiger partial charge in [-0.1, -0.05) is 20.8 Å². The van der Waals surface area contributed by atoms with Crippen molar-refractivity contribution < 1.29 is 4.79 Å². The Morgan fingerprint density at radius 3 is 2.94 bits per heavy atom. The predicted molar refractivity (Wildman–Crippen MR) is 73.4 cm³/mol. The van der Waals surface area contributed by atoms with E-state index in [-0.39, 0.29) is 11.8 Å². The Balaban J connectivity index is 1.83. The third-order valence-electron chi connectivity index (χ3n) is 4.14. The first kappa shape index (κ1) is 13.8. The Hall–Kier alpha value is -0.610.